The second kappa shape index (κ2) is 7.70. The number of hydrogen-bond acceptors (Lipinski definition) is 6. The molecule has 0 heterocycles. The van der Waals surface area contributed by atoms with Gasteiger partial charge in [-0.15, -0.1) is 0 Å². The maximum absolute atomic E-state index is 12.3. The van der Waals surface area contributed by atoms with Gasteiger partial charge in [-0.2, -0.15) is 0 Å². The molecule has 0 saturated carbocycles. The lowest BCUT2D eigenvalue weighted by Crippen LogP contribution is -2.30. The van der Waals surface area contributed by atoms with Gasteiger partial charge in [0.15, 0.2) is 0 Å². The first kappa shape index (κ1) is 17.1. The summed E-state index contributed by atoms with van der Waals surface area (Å²) in [6, 6.07) is 4.70. The zero-order chi connectivity index (χ0) is 15.9. The molecule has 1 rings (SSSR count). The molecule has 0 spiro atoms. The van der Waals surface area contributed by atoms with E-state index in [1.807, 2.05) is 0 Å². The number of non-ortho nitro benzene ring substituents is 1. The predicted molar refractivity (Wildman–Crippen MR) is 73.6 cm³/mol. The minimum Gasteiger partial charge on any atom is -0.372 e. The monoisotopic (exact) mass is 314 g/mol. The molecule has 0 atom stereocenters. The van der Waals surface area contributed by atoms with Crippen molar-refractivity contribution in [3.05, 3.63) is 34.4 Å². The van der Waals surface area contributed by atoms with Gasteiger partial charge in [-0.25, -0.2) is 8.42 Å². The highest BCUT2D eigenvalue weighted by molar-refractivity contribution is 7.89. The lowest BCUT2D eigenvalue weighted by molar-refractivity contribution is -0.385. The van der Waals surface area contributed by atoms with Crippen LogP contribution in [-0.2, 0) is 19.6 Å². The third kappa shape index (κ3) is 4.51. The van der Waals surface area contributed by atoms with E-state index in [1.165, 1.54) is 32.4 Å². The normalized spacial score (nSPS) is 11.0. The largest absolute Gasteiger partial charge is 0.372 e. The number of ether oxygens (including phenoxy) is 1. The Morgan fingerprint density at radius 1 is 1.33 bits per heavy atom. The van der Waals surface area contributed by atoms with E-state index in [0.717, 1.165) is 6.07 Å². The average molecular weight is 314 g/mol. The van der Waals surface area contributed by atoms with E-state index < -0.39 is 14.9 Å². The van der Waals surface area contributed by atoms with Crippen molar-refractivity contribution in [3.8, 4) is 11.8 Å². The van der Waals surface area contributed by atoms with E-state index in [4.69, 9.17) is 9.57 Å². The Morgan fingerprint density at radius 3 is 2.62 bits per heavy atom. The molecule has 0 aliphatic rings. The van der Waals surface area contributed by atoms with E-state index in [1.54, 1.807) is 0 Å². The Bertz CT molecular complexity index is 662. The molecule has 114 valence electrons. The lowest BCUT2D eigenvalue weighted by atomic mass is 10.3. The van der Waals surface area contributed by atoms with Crippen molar-refractivity contribution >= 4 is 15.7 Å². The standard InChI is InChI=1S/C12H14N2O6S/c1-19-9-4-3-8-13(20-2)21(17,18)12-7-5-6-11(10-12)14(15)16/h5-7,10H,8-9H2,1-2H3. The van der Waals surface area contributed by atoms with Crippen LogP contribution in [0.4, 0.5) is 5.69 Å². The maximum Gasteiger partial charge on any atom is 0.270 e. The van der Waals surface area contributed by atoms with Crippen molar-refractivity contribution in [2.75, 3.05) is 27.4 Å². The minimum absolute atomic E-state index is 0.161. The van der Waals surface area contributed by atoms with Gasteiger partial charge in [-0.3, -0.25) is 15.0 Å². The summed E-state index contributed by atoms with van der Waals surface area (Å²) in [6.45, 7) is -0.0563. The summed E-state index contributed by atoms with van der Waals surface area (Å²) in [5.74, 6) is 5.15. The first-order valence-corrected chi connectivity index (χ1v) is 7.13. The van der Waals surface area contributed by atoms with Crippen LogP contribution in [0.2, 0.25) is 0 Å². The number of hydrogen-bond donors (Lipinski definition) is 0. The van der Waals surface area contributed by atoms with Gasteiger partial charge in [0.2, 0.25) is 0 Å². The summed E-state index contributed by atoms with van der Waals surface area (Å²) in [6.07, 6.45) is 0. The number of methoxy groups -OCH3 is 1. The highest BCUT2D eigenvalue weighted by atomic mass is 32.2. The molecule has 1 aromatic rings. The number of nitrogens with zero attached hydrogens (tertiary/aromatic N) is 2. The molecular formula is C12H14N2O6S. The van der Waals surface area contributed by atoms with Gasteiger partial charge in [0.05, 0.1) is 16.9 Å². The van der Waals surface area contributed by atoms with Crippen LogP contribution in [0.1, 0.15) is 0 Å². The number of hydroxylamine groups is 1. The Labute approximate surface area is 122 Å². The van der Waals surface area contributed by atoms with Crippen molar-refractivity contribution < 1.29 is 22.9 Å². The fourth-order valence-corrected chi connectivity index (χ4v) is 2.55. The van der Waals surface area contributed by atoms with Gasteiger partial charge in [-0.1, -0.05) is 22.4 Å². The fourth-order valence-electron chi connectivity index (χ4n) is 1.37. The summed E-state index contributed by atoms with van der Waals surface area (Å²) in [7, 11) is -1.40. The summed E-state index contributed by atoms with van der Waals surface area (Å²) in [5.41, 5.74) is -0.322. The average Bonchev–Trinajstić information content (AvgIpc) is 2.47. The molecule has 0 aromatic heterocycles. The van der Waals surface area contributed by atoms with Crippen molar-refractivity contribution in [1.82, 2.24) is 4.47 Å². The Kier molecular flexibility index (Phi) is 6.26. The third-order valence-corrected chi connectivity index (χ3v) is 4.01. The zero-order valence-electron chi connectivity index (χ0n) is 11.5. The second-order valence-electron chi connectivity index (χ2n) is 3.69. The molecule has 0 radical (unpaired) electrons. The van der Waals surface area contributed by atoms with Crippen LogP contribution in [0.3, 0.4) is 0 Å². The first-order valence-electron chi connectivity index (χ1n) is 5.69. The Hall–Kier alpha value is -1.99. The van der Waals surface area contributed by atoms with E-state index in [9.17, 15) is 18.5 Å². The number of nitro benzene ring substituents is 1. The van der Waals surface area contributed by atoms with Crippen LogP contribution in [-0.4, -0.2) is 45.2 Å². The quantitative estimate of drug-likeness (QED) is 0.437. The molecular weight excluding hydrogens is 300 g/mol. The molecule has 0 amide bonds. The van der Waals surface area contributed by atoms with Gasteiger partial charge in [-0.05, 0) is 6.07 Å². The molecule has 9 heteroatoms. The van der Waals surface area contributed by atoms with Crippen LogP contribution < -0.4 is 0 Å². The van der Waals surface area contributed by atoms with Crippen molar-refractivity contribution in [3.63, 3.8) is 0 Å². The highest BCUT2D eigenvalue weighted by Crippen LogP contribution is 2.20. The number of benzene rings is 1. The van der Waals surface area contributed by atoms with Crippen LogP contribution in [0.25, 0.3) is 0 Å². The Morgan fingerprint density at radius 2 is 2.05 bits per heavy atom. The fraction of sp³-hybridized carbons (Fsp3) is 0.333. The molecule has 0 aliphatic heterocycles. The molecule has 0 bridgehead atoms. The van der Waals surface area contributed by atoms with Crippen LogP contribution in [0, 0.1) is 22.0 Å². The number of rotatable bonds is 6. The van der Waals surface area contributed by atoms with Crippen LogP contribution in [0.15, 0.2) is 29.2 Å². The van der Waals surface area contributed by atoms with Crippen LogP contribution in [0.5, 0.6) is 0 Å². The molecule has 8 nitrogen and oxygen atoms in total. The molecule has 0 saturated heterocycles. The van der Waals surface area contributed by atoms with Crippen molar-refractivity contribution in [1.29, 1.82) is 0 Å². The summed E-state index contributed by atoms with van der Waals surface area (Å²) < 4.78 is 29.9. The van der Waals surface area contributed by atoms with E-state index in [2.05, 4.69) is 11.8 Å². The Balaban J connectivity index is 3.05. The second-order valence-corrected chi connectivity index (χ2v) is 5.52. The van der Waals surface area contributed by atoms with E-state index >= 15 is 0 Å². The number of nitro groups is 1. The third-order valence-electron chi connectivity index (χ3n) is 2.35. The smallest absolute Gasteiger partial charge is 0.270 e. The molecule has 0 N–H and O–H groups in total. The molecule has 0 fully saturated rings. The van der Waals surface area contributed by atoms with Crippen molar-refractivity contribution in [2.45, 2.75) is 4.90 Å². The predicted octanol–water partition coefficient (Wildman–Crippen LogP) is 0.797. The van der Waals surface area contributed by atoms with Gasteiger partial charge >= 0.3 is 0 Å². The SMILES string of the molecule is COCC#CCN(OC)S(=O)(=O)c1cccc([N+](=O)[O-])c1. The molecule has 0 aliphatic carbocycles. The lowest BCUT2D eigenvalue weighted by Gasteiger charge is -2.16. The van der Waals surface area contributed by atoms with E-state index in [0.29, 0.717) is 4.47 Å². The van der Waals surface area contributed by atoms with Gasteiger partial charge < -0.3 is 4.74 Å². The van der Waals surface area contributed by atoms with Gasteiger partial charge in [0, 0.05) is 19.2 Å². The van der Waals surface area contributed by atoms with E-state index in [-0.39, 0.29) is 23.7 Å². The van der Waals surface area contributed by atoms with Gasteiger partial charge in [0.1, 0.15) is 13.2 Å². The number of sulfonamides is 1. The topological polar surface area (TPSA) is 99.0 Å². The summed E-state index contributed by atoms with van der Waals surface area (Å²) >= 11 is 0. The van der Waals surface area contributed by atoms with Crippen LogP contribution >= 0.6 is 0 Å². The maximum atomic E-state index is 12.3. The molecule has 0 unspecified atom stereocenters. The van der Waals surface area contributed by atoms with Crippen molar-refractivity contribution in [2.24, 2.45) is 0 Å². The minimum atomic E-state index is -4.03. The molecule has 1 aromatic carbocycles. The van der Waals surface area contributed by atoms with Gasteiger partial charge in [0.25, 0.3) is 15.7 Å². The molecule has 21 heavy (non-hydrogen) atoms. The zero-order valence-corrected chi connectivity index (χ0v) is 12.3. The summed E-state index contributed by atoms with van der Waals surface area (Å²) in [5, 5.41) is 10.7. The highest BCUT2D eigenvalue weighted by Gasteiger charge is 2.25. The first-order chi connectivity index (χ1) is 9.93. The summed E-state index contributed by atoms with van der Waals surface area (Å²) in [4.78, 5) is 14.6.